The summed E-state index contributed by atoms with van der Waals surface area (Å²) in [5, 5.41) is 11.1. The molecule has 1 amide bonds. The van der Waals surface area contributed by atoms with Crippen molar-refractivity contribution in [2.75, 3.05) is 6.54 Å². The quantitative estimate of drug-likeness (QED) is 0.655. The van der Waals surface area contributed by atoms with E-state index in [4.69, 9.17) is 11.0 Å². The Morgan fingerprint density at radius 1 is 1.54 bits per heavy atom. The molecule has 0 saturated heterocycles. The predicted octanol–water partition coefficient (Wildman–Crippen LogP) is 0.246. The Morgan fingerprint density at radius 3 is 2.46 bits per heavy atom. The fourth-order valence-electron chi connectivity index (χ4n) is 0.720. The van der Waals surface area contributed by atoms with Gasteiger partial charge in [0.15, 0.2) is 0 Å². The highest BCUT2D eigenvalue weighted by Gasteiger charge is 2.16. The Bertz CT molecular complexity index is 207. The standard InChI is InChI=1S/C9H17N3O/c1-6(2)8(11)9(13)12-5-7(3)4-10/h6-8H,5,11H2,1-3H3,(H,12,13). The maximum atomic E-state index is 11.3. The van der Waals surface area contributed by atoms with E-state index in [9.17, 15) is 4.79 Å². The number of nitriles is 1. The lowest BCUT2D eigenvalue weighted by Crippen LogP contribution is -2.45. The van der Waals surface area contributed by atoms with E-state index in [0.29, 0.717) is 6.54 Å². The summed E-state index contributed by atoms with van der Waals surface area (Å²) in [6.45, 7) is 5.90. The van der Waals surface area contributed by atoms with Gasteiger partial charge >= 0.3 is 0 Å². The summed E-state index contributed by atoms with van der Waals surface area (Å²) in [6.07, 6.45) is 0. The molecule has 4 heteroatoms. The first-order valence-electron chi connectivity index (χ1n) is 4.42. The third-order valence-corrected chi connectivity index (χ3v) is 1.82. The highest BCUT2D eigenvalue weighted by Crippen LogP contribution is 1.98. The zero-order valence-electron chi connectivity index (χ0n) is 8.37. The van der Waals surface area contributed by atoms with Gasteiger partial charge in [-0.1, -0.05) is 13.8 Å². The maximum Gasteiger partial charge on any atom is 0.237 e. The Labute approximate surface area is 79.1 Å². The summed E-state index contributed by atoms with van der Waals surface area (Å²) >= 11 is 0. The predicted molar refractivity (Wildman–Crippen MR) is 50.6 cm³/mol. The lowest BCUT2D eigenvalue weighted by atomic mass is 10.0. The smallest absolute Gasteiger partial charge is 0.237 e. The summed E-state index contributed by atoms with van der Waals surface area (Å²) in [5.74, 6) is -0.224. The van der Waals surface area contributed by atoms with Gasteiger partial charge in [0.25, 0.3) is 0 Å². The van der Waals surface area contributed by atoms with Crippen LogP contribution in [0.5, 0.6) is 0 Å². The number of nitrogens with two attached hydrogens (primary N) is 1. The first-order valence-corrected chi connectivity index (χ1v) is 4.42. The van der Waals surface area contributed by atoms with Crippen molar-refractivity contribution in [2.45, 2.75) is 26.8 Å². The number of carbonyl (C=O) groups excluding carboxylic acids is 1. The van der Waals surface area contributed by atoms with Gasteiger partial charge in [-0.2, -0.15) is 5.26 Å². The van der Waals surface area contributed by atoms with Crippen molar-refractivity contribution in [3.63, 3.8) is 0 Å². The Hall–Kier alpha value is -1.08. The molecule has 4 nitrogen and oxygen atoms in total. The van der Waals surface area contributed by atoms with Crippen LogP contribution in [0.4, 0.5) is 0 Å². The van der Waals surface area contributed by atoms with Crippen molar-refractivity contribution in [3.8, 4) is 6.07 Å². The molecule has 0 heterocycles. The molecule has 2 atom stereocenters. The molecule has 0 rings (SSSR count). The third-order valence-electron chi connectivity index (χ3n) is 1.82. The van der Waals surface area contributed by atoms with E-state index in [1.807, 2.05) is 19.9 Å². The zero-order chi connectivity index (χ0) is 10.4. The van der Waals surface area contributed by atoms with E-state index in [1.54, 1.807) is 6.92 Å². The maximum absolute atomic E-state index is 11.3. The molecular formula is C9H17N3O. The molecule has 3 N–H and O–H groups in total. The van der Waals surface area contributed by atoms with Crippen LogP contribution in [0.2, 0.25) is 0 Å². The molecule has 0 aromatic heterocycles. The van der Waals surface area contributed by atoms with Crippen molar-refractivity contribution < 1.29 is 4.79 Å². The highest BCUT2D eigenvalue weighted by atomic mass is 16.2. The van der Waals surface area contributed by atoms with E-state index in [2.05, 4.69) is 5.32 Å². The van der Waals surface area contributed by atoms with Gasteiger partial charge in [-0.3, -0.25) is 4.79 Å². The zero-order valence-corrected chi connectivity index (χ0v) is 8.37. The Morgan fingerprint density at radius 2 is 2.08 bits per heavy atom. The Balaban J connectivity index is 3.83. The van der Waals surface area contributed by atoms with Gasteiger partial charge in [0.05, 0.1) is 18.0 Å². The van der Waals surface area contributed by atoms with Gasteiger partial charge in [-0.25, -0.2) is 0 Å². The fraction of sp³-hybridized carbons (Fsp3) is 0.778. The monoisotopic (exact) mass is 183 g/mol. The first-order chi connectivity index (χ1) is 5.99. The highest BCUT2D eigenvalue weighted by molar-refractivity contribution is 5.81. The number of hydrogen-bond acceptors (Lipinski definition) is 3. The van der Waals surface area contributed by atoms with Crippen LogP contribution in [0.1, 0.15) is 20.8 Å². The van der Waals surface area contributed by atoms with Crippen LogP contribution in [0.3, 0.4) is 0 Å². The first kappa shape index (κ1) is 11.9. The molecule has 0 aromatic carbocycles. The summed E-state index contributed by atoms with van der Waals surface area (Å²) < 4.78 is 0. The summed E-state index contributed by atoms with van der Waals surface area (Å²) in [5.41, 5.74) is 5.59. The lowest BCUT2D eigenvalue weighted by Gasteiger charge is -2.15. The molecule has 0 fully saturated rings. The summed E-state index contributed by atoms with van der Waals surface area (Å²) in [7, 11) is 0. The van der Waals surface area contributed by atoms with Crippen LogP contribution in [0.15, 0.2) is 0 Å². The number of rotatable bonds is 4. The van der Waals surface area contributed by atoms with Crippen LogP contribution in [-0.4, -0.2) is 18.5 Å². The van der Waals surface area contributed by atoms with Crippen LogP contribution in [0, 0.1) is 23.2 Å². The molecule has 0 radical (unpaired) electrons. The minimum absolute atomic E-state index is 0.123. The number of carbonyl (C=O) groups is 1. The number of amides is 1. The fourth-order valence-corrected chi connectivity index (χ4v) is 0.720. The van der Waals surface area contributed by atoms with Gasteiger partial charge in [-0.05, 0) is 12.8 Å². The molecule has 0 bridgehead atoms. The topological polar surface area (TPSA) is 78.9 Å². The Kier molecular flexibility index (Phi) is 5.09. The average Bonchev–Trinajstić information content (AvgIpc) is 2.11. The third kappa shape index (κ3) is 4.48. The van der Waals surface area contributed by atoms with Crippen molar-refractivity contribution in [1.82, 2.24) is 5.32 Å². The number of hydrogen-bond donors (Lipinski definition) is 2. The van der Waals surface area contributed by atoms with Gasteiger partial charge in [0.2, 0.25) is 5.91 Å². The second-order valence-corrected chi connectivity index (χ2v) is 3.55. The molecule has 74 valence electrons. The van der Waals surface area contributed by atoms with Crippen molar-refractivity contribution in [3.05, 3.63) is 0 Å². The molecule has 0 aliphatic carbocycles. The van der Waals surface area contributed by atoms with Gasteiger partial charge in [-0.15, -0.1) is 0 Å². The van der Waals surface area contributed by atoms with E-state index in [1.165, 1.54) is 0 Å². The van der Waals surface area contributed by atoms with Gasteiger partial charge in [0, 0.05) is 6.54 Å². The van der Waals surface area contributed by atoms with Crippen LogP contribution < -0.4 is 11.1 Å². The minimum atomic E-state index is -0.481. The van der Waals surface area contributed by atoms with Gasteiger partial charge in [0.1, 0.15) is 0 Å². The second kappa shape index (κ2) is 5.55. The lowest BCUT2D eigenvalue weighted by molar-refractivity contribution is -0.123. The van der Waals surface area contributed by atoms with Crippen LogP contribution >= 0.6 is 0 Å². The molecule has 2 unspecified atom stereocenters. The average molecular weight is 183 g/mol. The molecule has 13 heavy (non-hydrogen) atoms. The van der Waals surface area contributed by atoms with Crippen LogP contribution in [-0.2, 0) is 4.79 Å². The SMILES string of the molecule is CC(C#N)CNC(=O)C(N)C(C)C. The molecule has 0 saturated carbocycles. The molecule has 0 spiro atoms. The number of nitrogens with one attached hydrogen (secondary N) is 1. The largest absolute Gasteiger partial charge is 0.353 e. The van der Waals surface area contributed by atoms with Crippen molar-refractivity contribution in [2.24, 2.45) is 17.6 Å². The second-order valence-electron chi connectivity index (χ2n) is 3.55. The summed E-state index contributed by atoms with van der Waals surface area (Å²) in [4.78, 5) is 11.3. The van der Waals surface area contributed by atoms with E-state index in [-0.39, 0.29) is 17.7 Å². The molecular weight excluding hydrogens is 166 g/mol. The van der Waals surface area contributed by atoms with Crippen LogP contribution in [0.25, 0.3) is 0 Å². The molecule has 0 aliphatic heterocycles. The van der Waals surface area contributed by atoms with Gasteiger partial charge < -0.3 is 11.1 Å². The van der Waals surface area contributed by atoms with E-state index in [0.717, 1.165) is 0 Å². The molecule has 0 aliphatic rings. The minimum Gasteiger partial charge on any atom is -0.353 e. The normalized spacial score (nSPS) is 14.8. The van der Waals surface area contributed by atoms with E-state index >= 15 is 0 Å². The van der Waals surface area contributed by atoms with Crippen molar-refractivity contribution in [1.29, 1.82) is 5.26 Å². The van der Waals surface area contributed by atoms with E-state index < -0.39 is 6.04 Å². The molecule has 0 aromatic rings. The summed E-state index contributed by atoms with van der Waals surface area (Å²) in [6, 6.07) is 1.55. The number of nitrogens with zero attached hydrogens (tertiary/aromatic N) is 1. The van der Waals surface area contributed by atoms with Crippen molar-refractivity contribution >= 4 is 5.91 Å².